The number of aromatic nitrogens is 3. The average Bonchev–Trinajstić information content (AvgIpc) is 3.14. The lowest BCUT2D eigenvalue weighted by Crippen LogP contribution is -2.45. The highest BCUT2D eigenvalue weighted by Gasteiger charge is 2.26. The van der Waals surface area contributed by atoms with Crippen LogP contribution in [0.2, 0.25) is 0 Å². The zero-order chi connectivity index (χ0) is 21.1. The first-order valence-electron chi connectivity index (χ1n) is 10.4. The Kier molecular flexibility index (Phi) is 5.85. The third-order valence-corrected chi connectivity index (χ3v) is 5.41. The van der Waals surface area contributed by atoms with Gasteiger partial charge in [0.1, 0.15) is 5.52 Å². The van der Waals surface area contributed by atoms with Crippen molar-refractivity contribution < 1.29 is 9.53 Å². The zero-order valence-electron chi connectivity index (χ0n) is 17.7. The van der Waals surface area contributed by atoms with Gasteiger partial charge in [0, 0.05) is 37.6 Å². The molecule has 0 spiro atoms. The van der Waals surface area contributed by atoms with Crippen molar-refractivity contribution in [1.82, 2.24) is 19.9 Å². The van der Waals surface area contributed by atoms with E-state index in [1.54, 1.807) is 0 Å². The minimum atomic E-state index is -0.215. The van der Waals surface area contributed by atoms with E-state index >= 15 is 0 Å². The van der Waals surface area contributed by atoms with Gasteiger partial charge >= 0.3 is 6.03 Å². The molecule has 1 atom stereocenters. The van der Waals surface area contributed by atoms with E-state index in [4.69, 9.17) is 14.7 Å². The summed E-state index contributed by atoms with van der Waals surface area (Å²) >= 11 is 0. The van der Waals surface area contributed by atoms with Gasteiger partial charge < -0.3 is 24.8 Å². The predicted molar refractivity (Wildman–Crippen MR) is 119 cm³/mol. The number of nitrogens with zero attached hydrogens (tertiary/aromatic N) is 4. The van der Waals surface area contributed by atoms with Gasteiger partial charge in [0.2, 0.25) is 0 Å². The number of aryl methyl sites for hydroxylation is 1. The number of carbonyl (C=O) groups excluding carboxylic acids is 1. The summed E-state index contributed by atoms with van der Waals surface area (Å²) in [6, 6.07) is 9.71. The fraction of sp³-hybridized carbons (Fsp3) is 0.409. The molecular weight excluding hydrogens is 380 g/mol. The molecule has 1 aromatic carbocycles. The maximum absolute atomic E-state index is 11.7. The van der Waals surface area contributed by atoms with E-state index in [1.807, 2.05) is 50.5 Å². The van der Waals surface area contributed by atoms with Gasteiger partial charge in [-0.3, -0.25) is 0 Å². The molecule has 1 aliphatic heterocycles. The maximum Gasteiger partial charge on any atom is 0.319 e. The summed E-state index contributed by atoms with van der Waals surface area (Å²) in [5.41, 5.74) is 3.59. The Balaban J connectivity index is 1.71. The molecule has 8 heteroatoms. The van der Waals surface area contributed by atoms with Gasteiger partial charge in [-0.2, -0.15) is 0 Å². The summed E-state index contributed by atoms with van der Waals surface area (Å²) in [5, 5.41) is 5.54. The number of benzene rings is 1. The average molecular weight is 409 g/mol. The maximum atomic E-state index is 11.7. The number of urea groups is 1. The molecule has 2 N–H and O–H groups in total. The van der Waals surface area contributed by atoms with E-state index in [-0.39, 0.29) is 6.03 Å². The Morgan fingerprint density at radius 2 is 2.00 bits per heavy atom. The summed E-state index contributed by atoms with van der Waals surface area (Å²) in [6.45, 7) is 6.86. The van der Waals surface area contributed by atoms with E-state index in [9.17, 15) is 4.79 Å². The molecule has 0 bridgehead atoms. The van der Waals surface area contributed by atoms with Gasteiger partial charge in [-0.05, 0) is 43.7 Å². The Morgan fingerprint density at radius 3 is 2.73 bits per heavy atom. The van der Waals surface area contributed by atoms with Crippen molar-refractivity contribution in [2.75, 3.05) is 36.5 Å². The highest BCUT2D eigenvalue weighted by Crippen LogP contribution is 2.31. The smallest absolute Gasteiger partial charge is 0.319 e. The lowest BCUT2D eigenvalue weighted by Gasteiger charge is -2.36. The second-order valence-corrected chi connectivity index (χ2v) is 7.42. The minimum Gasteiger partial charge on any atom is -0.377 e. The molecule has 0 unspecified atom stereocenters. The van der Waals surface area contributed by atoms with E-state index in [0.29, 0.717) is 31.6 Å². The number of anilines is 2. The molecule has 0 aliphatic carbocycles. The molecule has 158 valence electrons. The molecule has 2 aromatic heterocycles. The van der Waals surface area contributed by atoms with Crippen LogP contribution in [-0.2, 0) is 11.8 Å². The highest BCUT2D eigenvalue weighted by atomic mass is 16.5. The van der Waals surface area contributed by atoms with Crippen LogP contribution < -0.4 is 15.5 Å². The molecule has 0 saturated carbocycles. The number of fused-ring (bicyclic) bond motifs is 1. The second-order valence-electron chi connectivity index (χ2n) is 7.42. The van der Waals surface area contributed by atoms with Crippen LogP contribution in [0, 0.1) is 0 Å². The number of rotatable bonds is 5. The molecule has 3 heterocycles. The van der Waals surface area contributed by atoms with Gasteiger partial charge in [0.05, 0.1) is 24.8 Å². The van der Waals surface area contributed by atoms with Crippen LogP contribution in [0.4, 0.5) is 16.3 Å². The largest absolute Gasteiger partial charge is 0.377 e. The number of amides is 2. The first-order valence-corrected chi connectivity index (χ1v) is 10.4. The summed E-state index contributed by atoms with van der Waals surface area (Å²) in [6.07, 6.45) is 3.01. The number of morpholine rings is 1. The van der Waals surface area contributed by atoms with Gasteiger partial charge in [0.25, 0.3) is 0 Å². The highest BCUT2D eigenvalue weighted by molar-refractivity contribution is 5.90. The zero-order valence-corrected chi connectivity index (χ0v) is 17.7. The molecule has 1 fully saturated rings. The quantitative estimate of drug-likeness (QED) is 0.676. The fourth-order valence-corrected chi connectivity index (χ4v) is 3.81. The fourth-order valence-electron chi connectivity index (χ4n) is 3.81. The van der Waals surface area contributed by atoms with E-state index in [2.05, 4.69) is 27.0 Å². The summed E-state index contributed by atoms with van der Waals surface area (Å²) < 4.78 is 7.77. The Hall–Kier alpha value is -3.13. The molecule has 8 nitrogen and oxygen atoms in total. The van der Waals surface area contributed by atoms with Crippen molar-refractivity contribution >= 4 is 28.6 Å². The minimum absolute atomic E-state index is 0.215. The van der Waals surface area contributed by atoms with Gasteiger partial charge in [-0.1, -0.05) is 6.92 Å². The van der Waals surface area contributed by atoms with Gasteiger partial charge in [0.15, 0.2) is 11.6 Å². The van der Waals surface area contributed by atoms with Crippen molar-refractivity contribution in [2.24, 2.45) is 7.05 Å². The standard InChI is InChI=1S/C22H28N6O2/c1-4-17-14-30-13-12-28(17)21-19-18(10-11-27(19)3)25-20(26-21)15-6-8-16(9-7-15)24-22(29)23-5-2/h6-11,17H,4-5,12-14H2,1-3H3,(H2,23,24,29)/t17-/m0/s1. The third kappa shape index (κ3) is 3.95. The monoisotopic (exact) mass is 408 g/mol. The number of nitrogens with one attached hydrogen (secondary N) is 2. The first-order chi connectivity index (χ1) is 14.6. The topological polar surface area (TPSA) is 84.3 Å². The lowest BCUT2D eigenvalue weighted by molar-refractivity contribution is 0.0927. The van der Waals surface area contributed by atoms with Crippen LogP contribution >= 0.6 is 0 Å². The van der Waals surface area contributed by atoms with Crippen molar-refractivity contribution in [2.45, 2.75) is 26.3 Å². The van der Waals surface area contributed by atoms with E-state index in [0.717, 1.165) is 41.1 Å². The molecule has 3 aromatic rings. The van der Waals surface area contributed by atoms with Crippen molar-refractivity contribution in [3.8, 4) is 11.4 Å². The Bertz CT molecular complexity index is 1030. The van der Waals surface area contributed by atoms with E-state index in [1.165, 1.54) is 0 Å². The van der Waals surface area contributed by atoms with Gasteiger partial charge in [-0.25, -0.2) is 14.8 Å². The molecular formula is C22H28N6O2. The molecule has 4 rings (SSSR count). The number of hydrogen-bond donors (Lipinski definition) is 2. The van der Waals surface area contributed by atoms with Crippen LogP contribution in [0.5, 0.6) is 0 Å². The lowest BCUT2D eigenvalue weighted by atomic mass is 10.1. The summed E-state index contributed by atoms with van der Waals surface area (Å²) in [7, 11) is 2.03. The molecule has 30 heavy (non-hydrogen) atoms. The van der Waals surface area contributed by atoms with E-state index < -0.39 is 0 Å². The van der Waals surface area contributed by atoms with Crippen LogP contribution in [-0.4, -0.2) is 52.9 Å². The van der Waals surface area contributed by atoms with Crippen LogP contribution in [0.3, 0.4) is 0 Å². The second kappa shape index (κ2) is 8.71. The summed E-state index contributed by atoms with van der Waals surface area (Å²) in [4.78, 5) is 23.9. The molecule has 1 aliphatic rings. The van der Waals surface area contributed by atoms with Crippen molar-refractivity contribution in [3.63, 3.8) is 0 Å². The van der Waals surface area contributed by atoms with Crippen LogP contribution in [0.15, 0.2) is 36.5 Å². The van der Waals surface area contributed by atoms with Crippen LogP contribution in [0.1, 0.15) is 20.3 Å². The van der Waals surface area contributed by atoms with Crippen molar-refractivity contribution in [3.05, 3.63) is 36.5 Å². The summed E-state index contributed by atoms with van der Waals surface area (Å²) in [5.74, 6) is 1.62. The molecule has 0 radical (unpaired) electrons. The normalized spacial score (nSPS) is 16.6. The number of ether oxygens (including phenoxy) is 1. The first kappa shape index (κ1) is 20.2. The van der Waals surface area contributed by atoms with Crippen molar-refractivity contribution in [1.29, 1.82) is 0 Å². The number of carbonyl (C=O) groups is 1. The molecule has 1 saturated heterocycles. The Morgan fingerprint density at radius 1 is 1.20 bits per heavy atom. The Labute approximate surface area is 176 Å². The SMILES string of the molecule is CCNC(=O)Nc1ccc(-c2nc(N3CCOC[C@@H]3CC)c3c(ccn3C)n2)cc1. The number of hydrogen-bond acceptors (Lipinski definition) is 5. The predicted octanol–water partition coefficient (Wildman–Crippen LogP) is 3.39. The third-order valence-electron chi connectivity index (χ3n) is 5.41. The molecule has 2 amide bonds. The van der Waals surface area contributed by atoms with Crippen LogP contribution in [0.25, 0.3) is 22.4 Å². The van der Waals surface area contributed by atoms with Gasteiger partial charge in [-0.15, -0.1) is 0 Å².